The van der Waals surface area contributed by atoms with Crippen LogP contribution in [0.15, 0.2) is 18.2 Å². The number of carbonyl (C=O) groups excluding carboxylic acids is 1. The molecular formula is C16H24ClN3O. The summed E-state index contributed by atoms with van der Waals surface area (Å²) in [6, 6.07) is 6.15. The van der Waals surface area contributed by atoms with E-state index in [1.54, 1.807) is 0 Å². The highest BCUT2D eigenvalue weighted by Gasteiger charge is 2.25. The Kier molecular flexibility index (Phi) is 5.88. The standard InChI is InChI=1S/C16H24ClN3O/c1-2-7-19-10-12-5-6-15(14(17)9-12)20-8-3-4-13(11-20)16(18)21/h5-6,9,13,19H,2-4,7-8,10-11H2,1H3,(H2,18,21). The van der Waals surface area contributed by atoms with Crippen molar-refractivity contribution < 1.29 is 4.79 Å². The van der Waals surface area contributed by atoms with Crippen LogP contribution in [-0.4, -0.2) is 25.5 Å². The minimum Gasteiger partial charge on any atom is -0.370 e. The summed E-state index contributed by atoms with van der Waals surface area (Å²) in [5.41, 5.74) is 7.61. The first-order chi connectivity index (χ1) is 10.1. The number of anilines is 1. The van der Waals surface area contributed by atoms with Gasteiger partial charge in [0.25, 0.3) is 0 Å². The highest BCUT2D eigenvalue weighted by molar-refractivity contribution is 6.33. The molecule has 1 aliphatic rings. The van der Waals surface area contributed by atoms with Crippen LogP contribution in [-0.2, 0) is 11.3 Å². The van der Waals surface area contributed by atoms with Crippen LogP contribution >= 0.6 is 11.6 Å². The minimum atomic E-state index is -0.212. The van der Waals surface area contributed by atoms with Gasteiger partial charge >= 0.3 is 0 Å². The molecule has 21 heavy (non-hydrogen) atoms. The molecule has 4 nitrogen and oxygen atoms in total. The predicted octanol–water partition coefficient (Wildman–Crippen LogP) is 2.54. The van der Waals surface area contributed by atoms with Crippen molar-refractivity contribution in [2.45, 2.75) is 32.7 Å². The Labute approximate surface area is 131 Å². The second-order valence-electron chi connectivity index (χ2n) is 5.65. The van der Waals surface area contributed by atoms with E-state index < -0.39 is 0 Å². The van der Waals surface area contributed by atoms with Gasteiger partial charge in [0, 0.05) is 19.6 Å². The number of amides is 1. The van der Waals surface area contributed by atoms with Crippen molar-refractivity contribution >= 4 is 23.2 Å². The van der Waals surface area contributed by atoms with Gasteiger partial charge < -0.3 is 16.0 Å². The molecule has 1 aromatic rings. The van der Waals surface area contributed by atoms with Crippen LogP contribution in [0.25, 0.3) is 0 Å². The number of rotatable bonds is 6. The summed E-state index contributed by atoms with van der Waals surface area (Å²) >= 11 is 6.42. The predicted molar refractivity (Wildman–Crippen MR) is 87.6 cm³/mol. The molecule has 2 rings (SSSR count). The molecule has 0 saturated carbocycles. The van der Waals surface area contributed by atoms with Crippen molar-refractivity contribution in [1.29, 1.82) is 0 Å². The molecule has 0 radical (unpaired) electrons. The number of piperidine rings is 1. The molecular weight excluding hydrogens is 286 g/mol. The first-order valence-electron chi connectivity index (χ1n) is 7.65. The van der Waals surface area contributed by atoms with E-state index in [0.717, 1.165) is 49.6 Å². The number of hydrogen-bond acceptors (Lipinski definition) is 3. The molecule has 0 aliphatic carbocycles. The van der Waals surface area contributed by atoms with Gasteiger partial charge in [0.2, 0.25) is 5.91 Å². The van der Waals surface area contributed by atoms with E-state index in [0.29, 0.717) is 6.54 Å². The topological polar surface area (TPSA) is 58.4 Å². The third-order valence-electron chi connectivity index (χ3n) is 3.93. The highest BCUT2D eigenvalue weighted by atomic mass is 35.5. The van der Waals surface area contributed by atoms with Gasteiger partial charge in [-0.2, -0.15) is 0 Å². The Morgan fingerprint density at radius 2 is 2.33 bits per heavy atom. The van der Waals surface area contributed by atoms with Gasteiger partial charge in [-0.25, -0.2) is 0 Å². The molecule has 3 N–H and O–H groups in total. The van der Waals surface area contributed by atoms with E-state index in [1.807, 2.05) is 6.07 Å². The average Bonchev–Trinajstić information content (AvgIpc) is 2.48. The van der Waals surface area contributed by atoms with Gasteiger partial charge in [0.05, 0.1) is 16.6 Å². The van der Waals surface area contributed by atoms with Gasteiger partial charge in [0.15, 0.2) is 0 Å². The van der Waals surface area contributed by atoms with E-state index in [1.165, 1.54) is 5.56 Å². The smallest absolute Gasteiger partial charge is 0.222 e. The second kappa shape index (κ2) is 7.66. The van der Waals surface area contributed by atoms with Crippen molar-refractivity contribution in [3.05, 3.63) is 28.8 Å². The zero-order valence-electron chi connectivity index (χ0n) is 12.6. The summed E-state index contributed by atoms with van der Waals surface area (Å²) in [7, 11) is 0. The summed E-state index contributed by atoms with van der Waals surface area (Å²) in [6.45, 7) is 5.58. The monoisotopic (exact) mass is 309 g/mol. The van der Waals surface area contributed by atoms with Gasteiger partial charge in [0.1, 0.15) is 0 Å². The maximum absolute atomic E-state index is 11.4. The number of hydrogen-bond donors (Lipinski definition) is 2. The molecule has 0 aromatic heterocycles. The number of halogens is 1. The summed E-state index contributed by atoms with van der Waals surface area (Å²) in [5, 5.41) is 4.11. The fourth-order valence-electron chi connectivity index (χ4n) is 2.75. The Balaban J connectivity index is 2.04. The first kappa shape index (κ1) is 16.1. The first-order valence-corrected chi connectivity index (χ1v) is 8.03. The molecule has 1 amide bonds. The number of nitrogens with zero attached hydrogens (tertiary/aromatic N) is 1. The van der Waals surface area contributed by atoms with Crippen LogP contribution in [0.2, 0.25) is 5.02 Å². The number of primary amides is 1. The van der Waals surface area contributed by atoms with Crippen LogP contribution < -0.4 is 16.0 Å². The van der Waals surface area contributed by atoms with Crippen molar-refractivity contribution in [3.8, 4) is 0 Å². The lowest BCUT2D eigenvalue weighted by atomic mass is 9.97. The maximum atomic E-state index is 11.4. The van der Waals surface area contributed by atoms with Crippen molar-refractivity contribution in [3.63, 3.8) is 0 Å². The largest absolute Gasteiger partial charge is 0.370 e. The summed E-state index contributed by atoms with van der Waals surface area (Å²) in [5.74, 6) is -0.281. The maximum Gasteiger partial charge on any atom is 0.222 e. The normalized spacial score (nSPS) is 18.8. The lowest BCUT2D eigenvalue weighted by Crippen LogP contribution is -2.41. The molecule has 0 spiro atoms. The van der Waals surface area contributed by atoms with Crippen molar-refractivity contribution in [2.75, 3.05) is 24.5 Å². The molecule has 1 atom stereocenters. The third-order valence-corrected chi connectivity index (χ3v) is 4.24. The van der Waals surface area contributed by atoms with Crippen molar-refractivity contribution in [1.82, 2.24) is 5.32 Å². The number of benzene rings is 1. The molecule has 1 unspecified atom stereocenters. The van der Waals surface area contributed by atoms with Gasteiger partial charge in [-0.15, -0.1) is 0 Å². The quantitative estimate of drug-likeness (QED) is 0.794. The fourth-order valence-corrected chi connectivity index (χ4v) is 3.08. The van der Waals surface area contributed by atoms with E-state index in [2.05, 4.69) is 29.3 Å². The Morgan fingerprint density at radius 3 is 3.00 bits per heavy atom. The SMILES string of the molecule is CCCNCc1ccc(N2CCCC(C(N)=O)C2)c(Cl)c1. The van der Waals surface area contributed by atoms with Crippen LogP contribution in [0.4, 0.5) is 5.69 Å². The third kappa shape index (κ3) is 4.35. The molecule has 1 saturated heterocycles. The fraction of sp³-hybridized carbons (Fsp3) is 0.562. The molecule has 1 fully saturated rings. The van der Waals surface area contributed by atoms with Crippen LogP contribution in [0.1, 0.15) is 31.7 Å². The zero-order valence-corrected chi connectivity index (χ0v) is 13.3. The highest BCUT2D eigenvalue weighted by Crippen LogP contribution is 2.30. The lowest BCUT2D eigenvalue weighted by Gasteiger charge is -2.33. The van der Waals surface area contributed by atoms with E-state index in [-0.39, 0.29) is 11.8 Å². The van der Waals surface area contributed by atoms with Crippen LogP contribution in [0, 0.1) is 5.92 Å². The van der Waals surface area contributed by atoms with Gasteiger partial charge in [-0.05, 0) is 43.5 Å². The summed E-state index contributed by atoms with van der Waals surface area (Å²) in [6.07, 6.45) is 2.97. The minimum absolute atomic E-state index is 0.0688. The van der Waals surface area contributed by atoms with E-state index in [9.17, 15) is 4.79 Å². The lowest BCUT2D eigenvalue weighted by molar-refractivity contribution is -0.122. The molecule has 0 bridgehead atoms. The Hall–Kier alpha value is -1.26. The molecule has 1 aliphatic heterocycles. The van der Waals surface area contributed by atoms with E-state index >= 15 is 0 Å². The van der Waals surface area contributed by atoms with Gasteiger partial charge in [-0.1, -0.05) is 24.6 Å². The summed E-state index contributed by atoms with van der Waals surface area (Å²) in [4.78, 5) is 13.5. The Bertz CT molecular complexity index is 492. The van der Waals surface area contributed by atoms with Crippen LogP contribution in [0.3, 0.4) is 0 Å². The second-order valence-corrected chi connectivity index (χ2v) is 6.06. The number of nitrogens with two attached hydrogens (primary N) is 1. The molecule has 5 heteroatoms. The molecule has 116 valence electrons. The Morgan fingerprint density at radius 1 is 1.52 bits per heavy atom. The molecule has 1 heterocycles. The number of carbonyl (C=O) groups is 1. The summed E-state index contributed by atoms with van der Waals surface area (Å²) < 4.78 is 0. The molecule has 1 aromatic carbocycles. The zero-order chi connectivity index (χ0) is 15.2. The van der Waals surface area contributed by atoms with Crippen LogP contribution in [0.5, 0.6) is 0 Å². The average molecular weight is 310 g/mol. The van der Waals surface area contributed by atoms with E-state index in [4.69, 9.17) is 17.3 Å². The van der Waals surface area contributed by atoms with Gasteiger partial charge in [-0.3, -0.25) is 4.79 Å². The van der Waals surface area contributed by atoms with Crippen molar-refractivity contribution in [2.24, 2.45) is 11.7 Å². The number of nitrogens with one attached hydrogen (secondary N) is 1.